The second-order valence-electron chi connectivity index (χ2n) is 8.58. The fourth-order valence-corrected chi connectivity index (χ4v) is 3.53. The Kier molecular flexibility index (Phi) is 8.20. The van der Waals surface area contributed by atoms with Gasteiger partial charge in [-0.05, 0) is 51.7 Å². The van der Waals surface area contributed by atoms with Gasteiger partial charge in [0.05, 0.1) is 5.69 Å². The van der Waals surface area contributed by atoms with Gasteiger partial charge in [-0.1, -0.05) is 31.7 Å². The number of alkyl carbamates (subject to hydrolysis) is 1. The quantitative estimate of drug-likeness (QED) is 0.412. The lowest BCUT2D eigenvalue weighted by Gasteiger charge is -2.28. The molecule has 0 unspecified atom stereocenters. The zero-order valence-electron chi connectivity index (χ0n) is 18.0. The van der Waals surface area contributed by atoms with Gasteiger partial charge in [0, 0.05) is 6.92 Å². The molecule has 0 radical (unpaired) electrons. The van der Waals surface area contributed by atoms with E-state index in [1.807, 2.05) is 0 Å². The summed E-state index contributed by atoms with van der Waals surface area (Å²) in [5.74, 6) is -2.41. The summed E-state index contributed by atoms with van der Waals surface area (Å²) in [6.45, 7) is 6.38. The summed E-state index contributed by atoms with van der Waals surface area (Å²) in [6.07, 6.45) is 4.95. The Hall–Kier alpha value is -2.64. The van der Waals surface area contributed by atoms with Gasteiger partial charge in [-0.2, -0.15) is 0 Å². The maximum Gasteiger partial charge on any atom is 0.408 e. The molecule has 1 aliphatic carbocycles. The first-order valence-corrected chi connectivity index (χ1v) is 10.3. The summed E-state index contributed by atoms with van der Waals surface area (Å²) < 4.78 is 24.8. The lowest BCUT2D eigenvalue weighted by Crippen LogP contribution is -2.50. The standard InChI is InChI=1S/C22H31FN2O5/c1-14(26)29-17-13-9-12-16(18(17)23)24-20(27)19(15-10-7-5-6-8-11-15)25-21(28)30-22(2,3)4/h9,12-13,15,19H,5-8,10-11H2,1-4H3,(H,24,27)(H,25,28)/t19-/m0/s1. The summed E-state index contributed by atoms with van der Waals surface area (Å²) in [7, 11) is 0. The number of hydrogen-bond acceptors (Lipinski definition) is 5. The smallest absolute Gasteiger partial charge is 0.408 e. The van der Waals surface area contributed by atoms with Crippen molar-refractivity contribution in [1.29, 1.82) is 0 Å². The summed E-state index contributed by atoms with van der Waals surface area (Å²) >= 11 is 0. The van der Waals surface area contributed by atoms with Crippen molar-refractivity contribution in [2.24, 2.45) is 5.92 Å². The molecule has 1 saturated carbocycles. The van der Waals surface area contributed by atoms with Gasteiger partial charge in [-0.25, -0.2) is 9.18 Å². The van der Waals surface area contributed by atoms with Crippen molar-refractivity contribution in [3.05, 3.63) is 24.0 Å². The minimum Gasteiger partial charge on any atom is -0.444 e. The van der Waals surface area contributed by atoms with Gasteiger partial charge in [0.1, 0.15) is 11.6 Å². The highest BCUT2D eigenvalue weighted by atomic mass is 19.1. The van der Waals surface area contributed by atoms with E-state index in [9.17, 15) is 18.8 Å². The SMILES string of the molecule is CC(=O)Oc1cccc(NC(=O)[C@@H](NC(=O)OC(C)(C)C)C2CCCCCC2)c1F. The number of hydrogen-bond donors (Lipinski definition) is 2. The Balaban J connectivity index is 2.21. The van der Waals surface area contributed by atoms with Gasteiger partial charge < -0.3 is 20.1 Å². The van der Waals surface area contributed by atoms with E-state index in [0.717, 1.165) is 45.4 Å². The number of nitrogens with one attached hydrogen (secondary N) is 2. The molecule has 2 amide bonds. The van der Waals surface area contributed by atoms with Crippen LogP contribution < -0.4 is 15.4 Å². The molecule has 166 valence electrons. The number of benzene rings is 1. The molecule has 2 rings (SSSR count). The Bertz CT molecular complexity index is 767. The van der Waals surface area contributed by atoms with Crippen LogP contribution in [0, 0.1) is 11.7 Å². The highest BCUT2D eigenvalue weighted by Crippen LogP contribution is 2.28. The van der Waals surface area contributed by atoms with Gasteiger partial charge in [0.25, 0.3) is 0 Å². The molecule has 0 aliphatic heterocycles. The number of carbonyl (C=O) groups excluding carboxylic acids is 3. The second kappa shape index (κ2) is 10.4. The van der Waals surface area contributed by atoms with Crippen LogP contribution in [0.5, 0.6) is 5.75 Å². The van der Waals surface area contributed by atoms with E-state index in [-0.39, 0.29) is 17.4 Å². The largest absolute Gasteiger partial charge is 0.444 e. The molecule has 2 N–H and O–H groups in total. The topological polar surface area (TPSA) is 93.7 Å². The van der Waals surface area contributed by atoms with Crippen molar-refractivity contribution in [3.63, 3.8) is 0 Å². The Morgan fingerprint density at radius 3 is 2.30 bits per heavy atom. The molecule has 1 atom stereocenters. The van der Waals surface area contributed by atoms with Crippen molar-refractivity contribution >= 4 is 23.7 Å². The normalized spacial score (nSPS) is 16.2. The molecule has 8 heteroatoms. The minimum absolute atomic E-state index is 0.0836. The van der Waals surface area contributed by atoms with Gasteiger partial charge >= 0.3 is 12.1 Å². The van der Waals surface area contributed by atoms with Crippen LogP contribution in [0.25, 0.3) is 0 Å². The molecule has 0 bridgehead atoms. The van der Waals surface area contributed by atoms with Crippen molar-refractivity contribution < 1.29 is 28.2 Å². The van der Waals surface area contributed by atoms with Crippen LogP contribution in [0.15, 0.2) is 18.2 Å². The van der Waals surface area contributed by atoms with Crippen LogP contribution in [0.2, 0.25) is 0 Å². The molecule has 1 aromatic rings. The second-order valence-corrected chi connectivity index (χ2v) is 8.58. The molecule has 0 aromatic heterocycles. The third-order valence-corrected chi connectivity index (χ3v) is 4.80. The first-order chi connectivity index (χ1) is 14.1. The average Bonchev–Trinajstić information content (AvgIpc) is 2.90. The van der Waals surface area contributed by atoms with Gasteiger partial charge in [0.2, 0.25) is 5.91 Å². The number of amides is 2. The first-order valence-electron chi connectivity index (χ1n) is 10.3. The summed E-state index contributed by atoms with van der Waals surface area (Å²) in [4.78, 5) is 36.6. The van der Waals surface area contributed by atoms with E-state index >= 15 is 0 Å². The summed E-state index contributed by atoms with van der Waals surface area (Å²) in [6, 6.07) is 3.28. The van der Waals surface area contributed by atoms with E-state index in [2.05, 4.69) is 10.6 Å². The highest BCUT2D eigenvalue weighted by molar-refractivity contribution is 5.97. The van der Waals surface area contributed by atoms with Gasteiger partial charge in [-0.3, -0.25) is 9.59 Å². The van der Waals surface area contributed by atoms with E-state index in [1.54, 1.807) is 20.8 Å². The molecule has 0 heterocycles. The molecule has 0 saturated heterocycles. The summed E-state index contributed by atoms with van der Waals surface area (Å²) in [5.41, 5.74) is -0.831. The number of halogens is 1. The molecular weight excluding hydrogens is 391 g/mol. The van der Waals surface area contributed by atoms with Crippen molar-refractivity contribution in [2.75, 3.05) is 5.32 Å². The third-order valence-electron chi connectivity index (χ3n) is 4.80. The lowest BCUT2D eigenvalue weighted by atomic mass is 9.91. The van der Waals surface area contributed by atoms with Gasteiger partial charge in [0.15, 0.2) is 11.6 Å². The Labute approximate surface area is 176 Å². The maximum absolute atomic E-state index is 14.6. The lowest BCUT2D eigenvalue weighted by molar-refractivity contribution is -0.132. The van der Waals surface area contributed by atoms with E-state index < -0.39 is 35.4 Å². The molecule has 1 aromatic carbocycles. The van der Waals surface area contributed by atoms with Crippen LogP contribution in [0.3, 0.4) is 0 Å². The van der Waals surface area contributed by atoms with E-state index in [1.165, 1.54) is 18.2 Å². The average molecular weight is 422 g/mol. The zero-order valence-corrected chi connectivity index (χ0v) is 18.0. The molecule has 7 nitrogen and oxygen atoms in total. The van der Waals surface area contributed by atoms with Crippen LogP contribution >= 0.6 is 0 Å². The first kappa shape index (κ1) is 23.6. The minimum atomic E-state index is -0.866. The predicted molar refractivity (Wildman–Crippen MR) is 111 cm³/mol. The molecular formula is C22H31FN2O5. The van der Waals surface area contributed by atoms with Crippen LogP contribution in [-0.4, -0.2) is 29.6 Å². The van der Waals surface area contributed by atoms with Crippen molar-refractivity contribution in [3.8, 4) is 5.75 Å². The van der Waals surface area contributed by atoms with E-state index in [0.29, 0.717) is 0 Å². The monoisotopic (exact) mass is 422 g/mol. The van der Waals surface area contributed by atoms with Crippen molar-refractivity contribution in [1.82, 2.24) is 5.32 Å². The van der Waals surface area contributed by atoms with Crippen LogP contribution in [0.4, 0.5) is 14.9 Å². The number of rotatable bonds is 5. The third kappa shape index (κ3) is 7.31. The fourth-order valence-electron chi connectivity index (χ4n) is 3.53. The maximum atomic E-state index is 14.6. The highest BCUT2D eigenvalue weighted by Gasteiger charge is 2.32. The molecule has 30 heavy (non-hydrogen) atoms. The number of ether oxygens (including phenoxy) is 2. The van der Waals surface area contributed by atoms with Crippen molar-refractivity contribution in [2.45, 2.75) is 77.9 Å². The summed E-state index contributed by atoms with van der Waals surface area (Å²) in [5, 5.41) is 5.21. The molecule has 1 aliphatic rings. The zero-order chi connectivity index (χ0) is 22.3. The number of carbonyl (C=O) groups is 3. The fraction of sp³-hybridized carbons (Fsp3) is 0.591. The molecule has 0 spiro atoms. The number of esters is 1. The molecule has 1 fully saturated rings. The number of anilines is 1. The Morgan fingerprint density at radius 2 is 1.73 bits per heavy atom. The van der Waals surface area contributed by atoms with E-state index in [4.69, 9.17) is 9.47 Å². The van der Waals surface area contributed by atoms with Gasteiger partial charge in [-0.15, -0.1) is 0 Å². The predicted octanol–water partition coefficient (Wildman–Crippen LogP) is 4.55. The van der Waals surface area contributed by atoms with Crippen LogP contribution in [0.1, 0.15) is 66.2 Å². The van der Waals surface area contributed by atoms with Crippen LogP contribution in [-0.2, 0) is 14.3 Å². The Morgan fingerprint density at radius 1 is 1.10 bits per heavy atom.